The van der Waals surface area contributed by atoms with Crippen molar-refractivity contribution in [2.24, 2.45) is 0 Å². The fourth-order valence-corrected chi connectivity index (χ4v) is 4.34. The van der Waals surface area contributed by atoms with Crippen LogP contribution in [0.25, 0.3) is 22.0 Å². The summed E-state index contributed by atoms with van der Waals surface area (Å²) in [6, 6.07) is 14.8. The van der Waals surface area contributed by atoms with E-state index >= 15 is 0 Å². The minimum atomic E-state index is 0.626. The molecule has 1 heterocycles. The van der Waals surface area contributed by atoms with Gasteiger partial charge in [-0.15, -0.1) is 11.3 Å². The molecule has 2 N–H and O–H groups in total. The normalized spacial score (nSPS) is 15.8. The third kappa shape index (κ3) is 2.22. The van der Waals surface area contributed by atoms with E-state index in [0.717, 1.165) is 16.3 Å². The van der Waals surface area contributed by atoms with Gasteiger partial charge in [0.2, 0.25) is 0 Å². The Bertz CT molecular complexity index is 780. The highest BCUT2D eigenvalue weighted by Crippen LogP contribution is 2.41. The van der Waals surface area contributed by atoms with Gasteiger partial charge in [-0.25, -0.2) is 4.98 Å². The molecule has 0 atom stereocenters. The number of rotatable bonds is 2. The molecule has 1 aromatic heterocycles. The van der Waals surface area contributed by atoms with Gasteiger partial charge in [-0.3, -0.25) is 0 Å². The molecule has 1 aliphatic carbocycles. The van der Waals surface area contributed by atoms with Crippen molar-refractivity contribution in [1.82, 2.24) is 4.98 Å². The molecule has 106 valence electrons. The van der Waals surface area contributed by atoms with E-state index in [4.69, 9.17) is 10.7 Å². The Morgan fingerprint density at radius 2 is 1.76 bits per heavy atom. The summed E-state index contributed by atoms with van der Waals surface area (Å²) in [5.41, 5.74) is 8.42. The monoisotopic (exact) mass is 294 g/mol. The van der Waals surface area contributed by atoms with Crippen LogP contribution in [0, 0.1) is 0 Å². The average molecular weight is 294 g/mol. The van der Waals surface area contributed by atoms with Crippen molar-refractivity contribution in [2.45, 2.75) is 31.6 Å². The maximum atomic E-state index is 6.29. The molecule has 2 aromatic carbocycles. The summed E-state index contributed by atoms with van der Waals surface area (Å²) in [6.07, 6.45) is 5.19. The van der Waals surface area contributed by atoms with Gasteiger partial charge in [-0.1, -0.05) is 55.3 Å². The van der Waals surface area contributed by atoms with E-state index < -0.39 is 0 Å². The number of aromatic nitrogens is 1. The van der Waals surface area contributed by atoms with Gasteiger partial charge < -0.3 is 5.73 Å². The molecule has 3 heteroatoms. The summed E-state index contributed by atoms with van der Waals surface area (Å²) in [6.45, 7) is 0. The van der Waals surface area contributed by atoms with Crippen LogP contribution in [-0.2, 0) is 0 Å². The number of anilines is 1. The summed E-state index contributed by atoms with van der Waals surface area (Å²) >= 11 is 1.68. The lowest BCUT2D eigenvalue weighted by Crippen LogP contribution is -1.91. The second kappa shape index (κ2) is 5.15. The lowest BCUT2D eigenvalue weighted by atomic mass is 10.0. The molecule has 1 saturated carbocycles. The van der Waals surface area contributed by atoms with Crippen molar-refractivity contribution in [3.8, 4) is 11.3 Å². The zero-order valence-electron chi connectivity index (χ0n) is 11.9. The molecular formula is C18H18N2S. The van der Waals surface area contributed by atoms with Gasteiger partial charge in [0.05, 0.1) is 5.01 Å². The number of nitrogens with zero attached hydrogens (tertiary/aromatic N) is 1. The zero-order chi connectivity index (χ0) is 14.2. The third-order valence-corrected chi connectivity index (χ3v) is 5.47. The first kappa shape index (κ1) is 12.8. The van der Waals surface area contributed by atoms with Crippen LogP contribution >= 0.6 is 11.3 Å². The molecule has 4 rings (SSSR count). The molecular weight excluding hydrogens is 276 g/mol. The molecule has 1 fully saturated rings. The lowest BCUT2D eigenvalue weighted by Gasteiger charge is -2.05. The number of hydrogen-bond donors (Lipinski definition) is 1. The van der Waals surface area contributed by atoms with Gasteiger partial charge in [0, 0.05) is 11.5 Å². The zero-order valence-corrected chi connectivity index (χ0v) is 12.7. The Hall–Kier alpha value is -1.87. The van der Waals surface area contributed by atoms with Crippen LogP contribution in [0.4, 0.5) is 5.00 Å². The first-order valence-corrected chi connectivity index (χ1v) is 8.39. The van der Waals surface area contributed by atoms with E-state index in [9.17, 15) is 0 Å². The van der Waals surface area contributed by atoms with E-state index in [0.29, 0.717) is 5.92 Å². The van der Waals surface area contributed by atoms with Crippen molar-refractivity contribution in [3.63, 3.8) is 0 Å². The predicted molar refractivity (Wildman–Crippen MR) is 90.7 cm³/mol. The number of hydrogen-bond acceptors (Lipinski definition) is 3. The Morgan fingerprint density at radius 3 is 2.62 bits per heavy atom. The molecule has 0 radical (unpaired) electrons. The summed E-state index contributed by atoms with van der Waals surface area (Å²) in [5.74, 6) is 0.626. The molecule has 21 heavy (non-hydrogen) atoms. The first-order chi connectivity index (χ1) is 10.3. The van der Waals surface area contributed by atoms with Crippen molar-refractivity contribution < 1.29 is 0 Å². The number of thiazole rings is 1. The standard InChI is InChI=1S/C18H18N2S/c19-17-16(20-18(21-17)13-7-1-2-8-13)15-11-5-9-12-6-3-4-10-14(12)15/h3-6,9-11,13H,1-2,7-8,19H2. The van der Waals surface area contributed by atoms with Crippen LogP contribution in [0.2, 0.25) is 0 Å². The first-order valence-electron chi connectivity index (χ1n) is 7.57. The Labute approximate surface area is 128 Å². The fourth-order valence-electron chi connectivity index (χ4n) is 3.32. The van der Waals surface area contributed by atoms with Crippen molar-refractivity contribution in [1.29, 1.82) is 0 Å². The van der Waals surface area contributed by atoms with Crippen LogP contribution in [0.1, 0.15) is 36.6 Å². The molecule has 1 aliphatic rings. The van der Waals surface area contributed by atoms with Crippen molar-refractivity contribution >= 4 is 27.1 Å². The number of fused-ring (bicyclic) bond motifs is 1. The maximum Gasteiger partial charge on any atom is 0.114 e. The molecule has 0 bridgehead atoms. The molecule has 0 aliphatic heterocycles. The van der Waals surface area contributed by atoms with E-state index in [1.54, 1.807) is 11.3 Å². The van der Waals surface area contributed by atoms with Gasteiger partial charge in [-0.2, -0.15) is 0 Å². The summed E-state index contributed by atoms with van der Waals surface area (Å²) < 4.78 is 0. The minimum Gasteiger partial charge on any atom is -0.389 e. The van der Waals surface area contributed by atoms with Gasteiger partial charge in [0.15, 0.2) is 0 Å². The second-order valence-corrected chi connectivity index (χ2v) is 6.84. The molecule has 2 nitrogen and oxygen atoms in total. The third-order valence-electron chi connectivity index (χ3n) is 4.42. The molecule has 3 aromatic rings. The Kier molecular flexibility index (Phi) is 3.15. The summed E-state index contributed by atoms with van der Waals surface area (Å²) in [7, 11) is 0. The highest BCUT2D eigenvalue weighted by atomic mass is 32.1. The van der Waals surface area contributed by atoms with Crippen LogP contribution in [-0.4, -0.2) is 4.98 Å². The summed E-state index contributed by atoms with van der Waals surface area (Å²) in [5, 5.41) is 4.56. The second-order valence-electron chi connectivity index (χ2n) is 5.77. The predicted octanol–water partition coefficient (Wildman–Crippen LogP) is 5.20. The van der Waals surface area contributed by atoms with Gasteiger partial charge in [-0.05, 0) is 23.6 Å². The highest BCUT2D eigenvalue weighted by Gasteiger charge is 2.22. The maximum absolute atomic E-state index is 6.29. The molecule has 0 amide bonds. The number of benzene rings is 2. The Morgan fingerprint density at radius 1 is 1.00 bits per heavy atom. The van der Waals surface area contributed by atoms with Crippen molar-refractivity contribution in [3.05, 3.63) is 47.5 Å². The van der Waals surface area contributed by atoms with Gasteiger partial charge >= 0.3 is 0 Å². The topological polar surface area (TPSA) is 38.9 Å². The number of nitrogens with two attached hydrogens (primary N) is 1. The smallest absolute Gasteiger partial charge is 0.114 e. The van der Waals surface area contributed by atoms with E-state index in [2.05, 4.69) is 42.5 Å². The van der Waals surface area contributed by atoms with Crippen LogP contribution in [0.5, 0.6) is 0 Å². The largest absolute Gasteiger partial charge is 0.389 e. The SMILES string of the molecule is Nc1sc(C2CCCC2)nc1-c1cccc2ccccc12. The van der Waals surface area contributed by atoms with Crippen LogP contribution < -0.4 is 5.73 Å². The van der Waals surface area contributed by atoms with E-state index in [1.165, 1.54) is 41.5 Å². The highest BCUT2D eigenvalue weighted by molar-refractivity contribution is 7.16. The minimum absolute atomic E-state index is 0.626. The van der Waals surface area contributed by atoms with E-state index in [-0.39, 0.29) is 0 Å². The van der Waals surface area contributed by atoms with Crippen molar-refractivity contribution in [2.75, 3.05) is 5.73 Å². The Balaban J connectivity index is 1.85. The van der Waals surface area contributed by atoms with Crippen LogP contribution in [0.3, 0.4) is 0 Å². The molecule has 0 saturated heterocycles. The molecule has 0 spiro atoms. The summed E-state index contributed by atoms with van der Waals surface area (Å²) in [4.78, 5) is 4.91. The molecule has 0 unspecified atom stereocenters. The van der Waals surface area contributed by atoms with E-state index in [1.807, 2.05) is 0 Å². The number of nitrogen functional groups attached to an aromatic ring is 1. The average Bonchev–Trinajstić information content (AvgIpc) is 3.16. The van der Waals surface area contributed by atoms with Gasteiger partial charge in [0.25, 0.3) is 0 Å². The quantitative estimate of drug-likeness (QED) is 0.705. The lowest BCUT2D eigenvalue weighted by molar-refractivity contribution is 0.717. The van der Waals surface area contributed by atoms with Gasteiger partial charge in [0.1, 0.15) is 10.7 Å². The fraction of sp³-hybridized carbons (Fsp3) is 0.278. The van der Waals surface area contributed by atoms with Crippen LogP contribution in [0.15, 0.2) is 42.5 Å².